The minimum absolute atomic E-state index is 0.220. The second-order valence-corrected chi connectivity index (χ2v) is 3.77. The third-order valence-electron chi connectivity index (χ3n) is 2.06. The molecule has 1 aromatic heterocycles. The van der Waals surface area contributed by atoms with Crippen LogP contribution in [0, 0.1) is 0 Å². The van der Waals surface area contributed by atoms with Crippen LogP contribution in [-0.2, 0) is 13.0 Å². The quantitative estimate of drug-likeness (QED) is 0.880. The van der Waals surface area contributed by atoms with Gasteiger partial charge in [-0.3, -0.25) is 0 Å². The van der Waals surface area contributed by atoms with E-state index in [1.165, 1.54) is 0 Å². The molecule has 0 amide bonds. The van der Waals surface area contributed by atoms with Crippen molar-refractivity contribution in [2.75, 3.05) is 6.54 Å². The Balaban J connectivity index is 1.95. The highest BCUT2D eigenvalue weighted by atomic mass is 35.5. The highest BCUT2D eigenvalue weighted by Crippen LogP contribution is 2.23. The third kappa shape index (κ3) is 3.18. The summed E-state index contributed by atoms with van der Waals surface area (Å²) in [6, 6.07) is 7.22. The second-order valence-electron chi connectivity index (χ2n) is 3.36. The van der Waals surface area contributed by atoms with Gasteiger partial charge in [-0.2, -0.15) is 4.98 Å². The number of rotatable bonds is 5. The van der Waals surface area contributed by atoms with E-state index in [9.17, 15) is 0 Å². The molecule has 0 aliphatic carbocycles. The molecule has 2 N–H and O–H groups in total. The van der Waals surface area contributed by atoms with Gasteiger partial charge in [0.05, 0.1) is 5.02 Å². The molecule has 0 bridgehead atoms. The van der Waals surface area contributed by atoms with E-state index in [2.05, 4.69) is 10.1 Å². The summed E-state index contributed by atoms with van der Waals surface area (Å²) >= 11 is 5.94. The summed E-state index contributed by atoms with van der Waals surface area (Å²) < 4.78 is 10.4. The van der Waals surface area contributed by atoms with Crippen molar-refractivity contribution in [3.8, 4) is 5.75 Å². The maximum atomic E-state index is 5.94. The number of halogens is 1. The molecule has 0 aliphatic heterocycles. The van der Waals surface area contributed by atoms with Crippen molar-refractivity contribution in [1.29, 1.82) is 0 Å². The number of nitrogens with two attached hydrogens (primary N) is 1. The van der Waals surface area contributed by atoms with E-state index in [0.29, 0.717) is 35.5 Å². The molecule has 0 aliphatic rings. The summed E-state index contributed by atoms with van der Waals surface area (Å²) in [5.74, 6) is 1.60. The molecule has 0 fully saturated rings. The van der Waals surface area contributed by atoms with Crippen LogP contribution in [0.15, 0.2) is 28.8 Å². The Kier molecular flexibility index (Phi) is 3.95. The Morgan fingerprint density at radius 1 is 1.35 bits per heavy atom. The first kappa shape index (κ1) is 11.9. The summed E-state index contributed by atoms with van der Waals surface area (Å²) in [6.07, 6.45) is 0.569. The number of hydrogen-bond donors (Lipinski definition) is 1. The van der Waals surface area contributed by atoms with Crippen molar-refractivity contribution in [2.24, 2.45) is 5.73 Å². The van der Waals surface area contributed by atoms with E-state index < -0.39 is 0 Å². The Bertz CT molecular complexity index is 487. The number of hydrogen-bond acceptors (Lipinski definition) is 5. The highest BCUT2D eigenvalue weighted by molar-refractivity contribution is 6.32. The minimum Gasteiger partial charge on any atom is -0.484 e. The van der Waals surface area contributed by atoms with Crippen LogP contribution < -0.4 is 10.5 Å². The standard InChI is InChI=1S/C11H12ClN3O2/c12-8-3-1-2-4-9(8)16-7-10-14-11(5-6-13)17-15-10/h1-4H,5-7,13H2. The zero-order valence-corrected chi connectivity index (χ0v) is 9.85. The SMILES string of the molecule is NCCc1nc(COc2ccccc2Cl)no1. The predicted molar refractivity (Wildman–Crippen MR) is 62.8 cm³/mol. The fourth-order valence-corrected chi connectivity index (χ4v) is 1.47. The second kappa shape index (κ2) is 5.65. The molecule has 0 saturated heterocycles. The van der Waals surface area contributed by atoms with Gasteiger partial charge < -0.3 is 15.0 Å². The van der Waals surface area contributed by atoms with E-state index in [1.807, 2.05) is 12.1 Å². The van der Waals surface area contributed by atoms with Gasteiger partial charge in [0, 0.05) is 13.0 Å². The van der Waals surface area contributed by atoms with Crippen molar-refractivity contribution >= 4 is 11.6 Å². The van der Waals surface area contributed by atoms with Crippen LogP contribution in [0.2, 0.25) is 5.02 Å². The van der Waals surface area contributed by atoms with Gasteiger partial charge in [0.25, 0.3) is 0 Å². The lowest BCUT2D eigenvalue weighted by molar-refractivity contribution is 0.285. The number of nitrogens with zero attached hydrogens (tertiary/aromatic N) is 2. The molecule has 0 saturated carbocycles. The number of aromatic nitrogens is 2. The van der Waals surface area contributed by atoms with Crippen molar-refractivity contribution in [2.45, 2.75) is 13.0 Å². The van der Waals surface area contributed by atoms with Crippen LogP contribution in [0.1, 0.15) is 11.7 Å². The Hall–Kier alpha value is -1.59. The van der Waals surface area contributed by atoms with E-state index in [1.54, 1.807) is 12.1 Å². The van der Waals surface area contributed by atoms with Gasteiger partial charge in [-0.1, -0.05) is 28.9 Å². The summed E-state index contributed by atoms with van der Waals surface area (Å²) in [5.41, 5.74) is 5.38. The van der Waals surface area contributed by atoms with Crippen LogP contribution in [0.5, 0.6) is 5.75 Å². The van der Waals surface area contributed by atoms with Gasteiger partial charge in [-0.15, -0.1) is 0 Å². The van der Waals surface area contributed by atoms with Gasteiger partial charge in [0.2, 0.25) is 11.7 Å². The van der Waals surface area contributed by atoms with E-state index in [0.717, 1.165) is 0 Å². The molecule has 0 spiro atoms. The summed E-state index contributed by atoms with van der Waals surface area (Å²) in [6.45, 7) is 0.699. The lowest BCUT2D eigenvalue weighted by atomic mass is 10.3. The zero-order valence-electron chi connectivity index (χ0n) is 9.10. The number of para-hydroxylation sites is 1. The zero-order chi connectivity index (χ0) is 12.1. The van der Waals surface area contributed by atoms with Crippen LogP contribution in [0.25, 0.3) is 0 Å². The lowest BCUT2D eigenvalue weighted by Gasteiger charge is -2.04. The Morgan fingerprint density at radius 3 is 2.94 bits per heavy atom. The fraction of sp³-hybridized carbons (Fsp3) is 0.273. The summed E-state index contributed by atoms with van der Waals surface area (Å²) in [5, 5.41) is 4.32. The van der Waals surface area contributed by atoms with Crippen LogP contribution >= 0.6 is 11.6 Å². The molecule has 17 heavy (non-hydrogen) atoms. The van der Waals surface area contributed by atoms with Crippen LogP contribution in [-0.4, -0.2) is 16.7 Å². The molecule has 2 aromatic rings. The number of benzene rings is 1. The average Bonchev–Trinajstić information content (AvgIpc) is 2.76. The van der Waals surface area contributed by atoms with Crippen molar-refractivity contribution < 1.29 is 9.26 Å². The van der Waals surface area contributed by atoms with Gasteiger partial charge in [0.15, 0.2) is 6.61 Å². The van der Waals surface area contributed by atoms with Gasteiger partial charge in [0.1, 0.15) is 5.75 Å². The first-order valence-corrected chi connectivity index (χ1v) is 5.56. The first-order valence-electron chi connectivity index (χ1n) is 5.18. The molecule has 2 rings (SSSR count). The van der Waals surface area contributed by atoms with Crippen LogP contribution in [0.3, 0.4) is 0 Å². The Labute approximate surface area is 104 Å². The highest BCUT2D eigenvalue weighted by Gasteiger charge is 2.07. The fourth-order valence-electron chi connectivity index (χ4n) is 1.28. The topological polar surface area (TPSA) is 74.2 Å². The average molecular weight is 254 g/mol. The molecular formula is C11H12ClN3O2. The van der Waals surface area contributed by atoms with E-state index in [4.69, 9.17) is 26.6 Å². The smallest absolute Gasteiger partial charge is 0.228 e. The van der Waals surface area contributed by atoms with Crippen molar-refractivity contribution in [3.05, 3.63) is 41.0 Å². The van der Waals surface area contributed by atoms with Gasteiger partial charge in [-0.05, 0) is 12.1 Å². The maximum absolute atomic E-state index is 5.94. The largest absolute Gasteiger partial charge is 0.484 e. The van der Waals surface area contributed by atoms with Gasteiger partial charge in [-0.25, -0.2) is 0 Å². The molecule has 0 atom stereocenters. The number of ether oxygens (including phenoxy) is 1. The van der Waals surface area contributed by atoms with Crippen molar-refractivity contribution in [1.82, 2.24) is 10.1 Å². The first-order chi connectivity index (χ1) is 8.29. The van der Waals surface area contributed by atoms with Crippen molar-refractivity contribution in [3.63, 3.8) is 0 Å². The molecular weight excluding hydrogens is 242 g/mol. The molecule has 1 heterocycles. The molecule has 1 aromatic carbocycles. The molecule has 0 radical (unpaired) electrons. The lowest BCUT2D eigenvalue weighted by Crippen LogP contribution is -2.03. The van der Waals surface area contributed by atoms with E-state index in [-0.39, 0.29) is 6.61 Å². The Morgan fingerprint density at radius 2 is 2.18 bits per heavy atom. The van der Waals surface area contributed by atoms with Crippen LogP contribution in [0.4, 0.5) is 0 Å². The molecule has 5 nitrogen and oxygen atoms in total. The summed E-state index contributed by atoms with van der Waals surface area (Å²) in [4.78, 5) is 4.12. The van der Waals surface area contributed by atoms with Gasteiger partial charge >= 0.3 is 0 Å². The normalized spacial score (nSPS) is 10.5. The summed E-state index contributed by atoms with van der Waals surface area (Å²) in [7, 11) is 0. The third-order valence-corrected chi connectivity index (χ3v) is 2.37. The molecule has 6 heteroatoms. The van der Waals surface area contributed by atoms with E-state index >= 15 is 0 Å². The monoisotopic (exact) mass is 253 g/mol. The maximum Gasteiger partial charge on any atom is 0.228 e. The molecule has 90 valence electrons. The minimum atomic E-state index is 0.220. The molecule has 0 unspecified atom stereocenters. The predicted octanol–water partition coefficient (Wildman–Crippen LogP) is 1.80.